The van der Waals surface area contributed by atoms with E-state index in [0.29, 0.717) is 10.4 Å². The molecule has 2 unspecified atom stereocenters. The van der Waals surface area contributed by atoms with Crippen molar-refractivity contribution in [3.8, 4) is 0 Å². The van der Waals surface area contributed by atoms with E-state index in [4.69, 9.17) is 0 Å². The summed E-state index contributed by atoms with van der Waals surface area (Å²) in [5.41, 5.74) is 0. The van der Waals surface area contributed by atoms with E-state index in [9.17, 15) is 8.42 Å². The van der Waals surface area contributed by atoms with Crippen molar-refractivity contribution >= 4 is 26.0 Å². The number of rotatable bonds is 4. The number of hydrogen-bond donors (Lipinski definition) is 2. The predicted octanol–water partition coefficient (Wildman–Crippen LogP) is 1.51. The van der Waals surface area contributed by atoms with Crippen molar-refractivity contribution in [2.45, 2.75) is 30.7 Å². The molecular formula is C12H18BrN3O2S. The van der Waals surface area contributed by atoms with Crippen LogP contribution in [-0.4, -0.2) is 32.5 Å². The summed E-state index contributed by atoms with van der Waals surface area (Å²) in [6, 6.07) is 1.47. The van der Waals surface area contributed by atoms with Crippen LogP contribution in [0.5, 0.6) is 0 Å². The molecule has 2 heterocycles. The minimum Gasteiger partial charge on any atom is -0.316 e. The van der Waals surface area contributed by atoms with Gasteiger partial charge in [-0.25, -0.2) is 13.1 Å². The van der Waals surface area contributed by atoms with Gasteiger partial charge in [0.2, 0.25) is 10.0 Å². The molecule has 0 aromatic carbocycles. The Morgan fingerprint density at radius 3 is 2.95 bits per heavy atom. The van der Waals surface area contributed by atoms with Crippen molar-refractivity contribution < 1.29 is 8.42 Å². The highest BCUT2D eigenvalue weighted by Crippen LogP contribution is 2.18. The first-order chi connectivity index (χ1) is 8.99. The van der Waals surface area contributed by atoms with Gasteiger partial charge in [-0.15, -0.1) is 0 Å². The molecule has 2 atom stereocenters. The quantitative estimate of drug-likeness (QED) is 0.865. The molecule has 0 aliphatic carbocycles. The molecule has 1 aromatic heterocycles. The summed E-state index contributed by atoms with van der Waals surface area (Å²) in [6.45, 7) is 3.80. The van der Waals surface area contributed by atoms with Crippen LogP contribution in [0.15, 0.2) is 27.8 Å². The van der Waals surface area contributed by atoms with Crippen molar-refractivity contribution in [3.63, 3.8) is 0 Å². The second-order valence-corrected chi connectivity index (χ2v) is 7.48. The first kappa shape index (κ1) is 14.9. The Hall–Kier alpha value is -0.500. The Morgan fingerprint density at radius 2 is 2.32 bits per heavy atom. The molecule has 0 amide bonds. The Balaban J connectivity index is 2.08. The Labute approximate surface area is 122 Å². The van der Waals surface area contributed by atoms with Crippen LogP contribution in [-0.2, 0) is 10.0 Å². The number of halogens is 1. The maximum absolute atomic E-state index is 12.2. The summed E-state index contributed by atoms with van der Waals surface area (Å²) in [4.78, 5) is 4.08. The van der Waals surface area contributed by atoms with Gasteiger partial charge in [-0.3, -0.25) is 4.98 Å². The van der Waals surface area contributed by atoms with Gasteiger partial charge in [-0.1, -0.05) is 0 Å². The van der Waals surface area contributed by atoms with Crippen molar-refractivity contribution in [3.05, 3.63) is 22.9 Å². The lowest BCUT2D eigenvalue weighted by Crippen LogP contribution is -2.44. The molecule has 0 radical (unpaired) electrons. The maximum Gasteiger partial charge on any atom is 0.242 e. The Morgan fingerprint density at radius 1 is 1.53 bits per heavy atom. The minimum absolute atomic E-state index is 0.0863. The third kappa shape index (κ3) is 3.98. The van der Waals surface area contributed by atoms with Gasteiger partial charge in [0, 0.05) is 22.9 Å². The fourth-order valence-electron chi connectivity index (χ4n) is 2.25. The van der Waals surface area contributed by atoms with Crippen LogP contribution in [0.2, 0.25) is 0 Å². The molecule has 7 heteroatoms. The van der Waals surface area contributed by atoms with E-state index in [-0.39, 0.29) is 10.9 Å². The number of sulfonamides is 1. The highest BCUT2D eigenvalue weighted by atomic mass is 79.9. The van der Waals surface area contributed by atoms with E-state index in [0.717, 1.165) is 25.9 Å². The van der Waals surface area contributed by atoms with Crippen molar-refractivity contribution in [1.29, 1.82) is 0 Å². The van der Waals surface area contributed by atoms with Crippen molar-refractivity contribution in [2.75, 3.05) is 13.1 Å². The third-order valence-corrected chi connectivity index (χ3v) is 5.33. The maximum atomic E-state index is 12.2. The van der Waals surface area contributed by atoms with Gasteiger partial charge in [0.05, 0.1) is 0 Å². The van der Waals surface area contributed by atoms with Crippen LogP contribution in [0.25, 0.3) is 0 Å². The number of piperidine rings is 1. The van der Waals surface area contributed by atoms with Crippen LogP contribution in [0.4, 0.5) is 0 Å². The second kappa shape index (κ2) is 6.30. The van der Waals surface area contributed by atoms with Gasteiger partial charge in [0.1, 0.15) is 4.90 Å². The summed E-state index contributed by atoms with van der Waals surface area (Å²) >= 11 is 3.23. The number of pyridine rings is 1. The van der Waals surface area contributed by atoms with E-state index in [2.05, 4.69) is 31.0 Å². The molecule has 0 bridgehead atoms. The molecule has 0 saturated carbocycles. The molecule has 0 spiro atoms. The second-order valence-electron chi connectivity index (χ2n) is 4.86. The molecular weight excluding hydrogens is 330 g/mol. The standard InChI is InChI=1S/C12H18BrN3O2S/c1-9(10-3-2-4-14-6-10)16-19(17,18)12-5-11(13)7-15-8-12/h5,7-10,14,16H,2-4,6H2,1H3. The predicted molar refractivity (Wildman–Crippen MR) is 77.3 cm³/mol. The van der Waals surface area contributed by atoms with Crippen LogP contribution < -0.4 is 10.0 Å². The topological polar surface area (TPSA) is 71.1 Å². The summed E-state index contributed by atoms with van der Waals surface area (Å²) in [5.74, 6) is 0.337. The highest BCUT2D eigenvalue weighted by Gasteiger charge is 2.25. The monoisotopic (exact) mass is 347 g/mol. The minimum atomic E-state index is -3.50. The molecule has 1 aliphatic heterocycles. The SMILES string of the molecule is CC(NS(=O)(=O)c1cncc(Br)c1)C1CCCNC1. The molecule has 1 aromatic rings. The van der Waals surface area contributed by atoms with Crippen LogP contribution in [0.1, 0.15) is 19.8 Å². The molecule has 1 saturated heterocycles. The lowest BCUT2D eigenvalue weighted by molar-refractivity contribution is 0.320. The lowest BCUT2D eigenvalue weighted by atomic mass is 9.94. The van der Waals surface area contributed by atoms with Crippen LogP contribution in [0.3, 0.4) is 0 Å². The molecule has 2 N–H and O–H groups in total. The largest absolute Gasteiger partial charge is 0.316 e. The van der Waals surface area contributed by atoms with Gasteiger partial charge in [-0.05, 0) is 60.8 Å². The summed E-state index contributed by atoms with van der Waals surface area (Å²) in [5, 5.41) is 3.30. The molecule has 19 heavy (non-hydrogen) atoms. The molecule has 1 fully saturated rings. The Kier molecular flexibility index (Phi) is 4.94. The van der Waals surface area contributed by atoms with Crippen molar-refractivity contribution in [1.82, 2.24) is 15.0 Å². The molecule has 1 aliphatic rings. The van der Waals surface area contributed by atoms with E-state index in [1.54, 1.807) is 12.3 Å². The zero-order chi connectivity index (χ0) is 13.9. The summed E-state index contributed by atoms with van der Waals surface area (Å²) < 4.78 is 27.9. The summed E-state index contributed by atoms with van der Waals surface area (Å²) in [7, 11) is -3.50. The zero-order valence-corrected chi connectivity index (χ0v) is 13.2. The van der Waals surface area contributed by atoms with E-state index in [1.165, 1.54) is 6.20 Å². The molecule has 2 rings (SSSR count). The zero-order valence-electron chi connectivity index (χ0n) is 10.8. The van der Waals surface area contributed by atoms with Gasteiger partial charge in [0.15, 0.2) is 0 Å². The first-order valence-corrected chi connectivity index (χ1v) is 8.60. The van der Waals surface area contributed by atoms with E-state index < -0.39 is 10.0 Å². The summed E-state index contributed by atoms with van der Waals surface area (Å²) in [6.07, 6.45) is 5.06. The average molecular weight is 348 g/mol. The molecule has 5 nitrogen and oxygen atoms in total. The van der Waals surface area contributed by atoms with Crippen LogP contribution >= 0.6 is 15.9 Å². The smallest absolute Gasteiger partial charge is 0.242 e. The fourth-order valence-corrected chi connectivity index (χ4v) is 4.07. The van der Waals surface area contributed by atoms with Crippen molar-refractivity contribution in [2.24, 2.45) is 5.92 Å². The third-order valence-electron chi connectivity index (χ3n) is 3.37. The fraction of sp³-hybridized carbons (Fsp3) is 0.583. The number of aromatic nitrogens is 1. The first-order valence-electron chi connectivity index (χ1n) is 6.32. The van der Waals surface area contributed by atoms with Gasteiger partial charge in [0.25, 0.3) is 0 Å². The lowest BCUT2D eigenvalue weighted by Gasteiger charge is -2.28. The average Bonchev–Trinajstić information content (AvgIpc) is 2.39. The van der Waals surface area contributed by atoms with Crippen LogP contribution in [0, 0.1) is 5.92 Å². The Bertz CT molecular complexity index is 530. The molecule has 106 valence electrons. The van der Waals surface area contributed by atoms with E-state index >= 15 is 0 Å². The van der Waals surface area contributed by atoms with Gasteiger partial charge in [-0.2, -0.15) is 0 Å². The highest BCUT2D eigenvalue weighted by molar-refractivity contribution is 9.10. The number of hydrogen-bond acceptors (Lipinski definition) is 4. The normalized spacial score (nSPS) is 22.1. The van der Waals surface area contributed by atoms with Gasteiger partial charge >= 0.3 is 0 Å². The van der Waals surface area contributed by atoms with Gasteiger partial charge < -0.3 is 5.32 Å². The number of nitrogens with zero attached hydrogens (tertiary/aromatic N) is 1. The van der Waals surface area contributed by atoms with E-state index in [1.807, 2.05) is 6.92 Å². The number of nitrogens with one attached hydrogen (secondary N) is 2.